The Labute approximate surface area is 217 Å². The molecule has 11 heteroatoms. The molecule has 0 bridgehead atoms. The number of hydrogen-bond acceptors (Lipinski definition) is 8. The lowest BCUT2D eigenvalue weighted by atomic mass is 9.87. The summed E-state index contributed by atoms with van der Waals surface area (Å²) in [6, 6.07) is 2.38. The Hall–Kier alpha value is -2.76. The molecule has 206 valence electrons. The number of aromatic nitrogens is 1. The number of nitrogens with zero attached hydrogens (tertiary/aromatic N) is 1. The largest absolute Gasteiger partial charge is 0.463 e. The number of aliphatic hydroxyl groups is 1. The number of nitrogens with one attached hydrogen (secondary N) is 2. The van der Waals surface area contributed by atoms with Crippen molar-refractivity contribution in [1.29, 1.82) is 5.41 Å². The van der Waals surface area contributed by atoms with Gasteiger partial charge in [0.25, 0.3) is 0 Å². The summed E-state index contributed by atoms with van der Waals surface area (Å²) in [5, 5.41) is 18.5. The topological polar surface area (TPSA) is 186 Å². The van der Waals surface area contributed by atoms with Gasteiger partial charge >= 0.3 is 11.9 Å². The van der Waals surface area contributed by atoms with Crippen molar-refractivity contribution in [3.05, 3.63) is 23.5 Å². The Morgan fingerprint density at radius 3 is 2.62 bits per heavy atom. The van der Waals surface area contributed by atoms with E-state index in [0.717, 1.165) is 32.0 Å². The van der Waals surface area contributed by atoms with E-state index >= 15 is 0 Å². The van der Waals surface area contributed by atoms with E-state index in [1.54, 1.807) is 19.1 Å². The number of aliphatic hydroxyl groups excluding tert-OH is 1. The molecule has 2 heterocycles. The van der Waals surface area contributed by atoms with Gasteiger partial charge in [0.15, 0.2) is 6.10 Å². The standard InChI is InChI=1S/C26H41N5O6/c1-25(2,3)21(28)24(34)36-20-17(13-35-19(32)12-15-8-6-5-7-9-15)37-26(4,22(20)33)18-11-10-16(31-18)23(29)30-14-27/h10-11,14-15,17,20-22,31,33H,5-9,12-13,28H2,1-4H3,(H3,27,29,30)/t17-,20-,21-,22-,26+/m1/s1. The van der Waals surface area contributed by atoms with Gasteiger partial charge in [0.05, 0.1) is 11.4 Å². The van der Waals surface area contributed by atoms with Crippen molar-refractivity contribution >= 4 is 24.1 Å². The number of nitrogens with two attached hydrogens (primary N) is 2. The van der Waals surface area contributed by atoms with E-state index in [9.17, 15) is 14.7 Å². The molecule has 7 N–H and O–H groups in total. The third kappa shape index (κ3) is 6.77. The van der Waals surface area contributed by atoms with Gasteiger partial charge in [-0.3, -0.25) is 15.0 Å². The maximum Gasteiger partial charge on any atom is 0.323 e. The Morgan fingerprint density at radius 1 is 1.32 bits per heavy atom. The highest BCUT2D eigenvalue weighted by atomic mass is 16.6. The van der Waals surface area contributed by atoms with Crippen LogP contribution in [-0.4, -0.2) is 65.2 Å². The highest BCUT2D eigenvalue weighted by Crippen LogP contribution is 2.41. The molecule has 1 aliphatic heterocycles. The molecular formula is C26H41N5O6. The van der Waals surface area contributed by atoms with Crippen molar-refractivity contribution in [2.24, 2.45) is 27.8 Å². The number of amidine groups is 1. The van der Waals surface area contributed by atoms with Crippen LogP contribution in [0.1, 0.15) is 77.6 Å². The van der Waals surface area contributed by atoms with Crippen LogP contribution in [0.3, 0.4) is 0 Å². The highest BCUT2D eigenvalue weighted by Gasteiger charge is 2.56. The summed E-state index contributed by atoms with van der Waals surface area (Å²) in [4.78, 5) is 32.2. The van der Waals surface area contributed by atoms with Gasteiger partial charge in [-0.25, -0.2) is 4.99 Å². The number of hydrogen-bond donors (Lipinski definition) is 5. The minimum Gasteiger partial charge on any atom is -0.463 e. The predicted octanol–water partition coefficient (Wildman–Crippen LogP) is 2.10. The molecule has 0 amide bonds. The molecule has 2 aliphatic rings. The molecule has 1 aromatic rings. The van der Waals surface area contributed by atoms with Gasteiger partial charge in [-0.15, -0.1) is 0 Å². The zero-order chi connectivity index (χ0) is 27.4. The zero-order valence-electron chi connectivity index (χ0n) is 22.2. The van der Waals surface area contributed by atoms with Crippen LogP contribution < -0.4 is 11.5 Å². The number of H-pyrrole nitrogens is 1. The summed E-state index contributed by atoms with van der Waals surface area (Å²) in [7, 11) is 0. The first-order valence-electron chi connectivity index (χ1n) is 12.9. The minimum atomic E-state index is -1.35. The first-order valence-corrected chi connectivity index (χ1v) is 12.9. The first kappa shape index (κ1) is 28.8. The molecule has 11 nitrogen and oxygen atoms in total. The Kier molecular flexibility index (Phi) is 9.14. The minimum absolute atomic E-state index is 0.0876. The van der Waals surface area contributed by atoms with E-state index in [4.69, 9.17) is 31.1 Å². The molecule has 5 atom stereocenters. The molecule has 0 aromatic carbocycles. The van der Waals surface area contributed by atoms with E-state index < -0.39 is 41.3 Å². The maximum atomic E-state index is 12.9. The summed E-state index contributed by atoms with van der Waals surface area (Å²) >= 11 is 0. The highest BCUT2D eigenvalue weighted by molar-refractivity contribution is 5.99. The van der Waals surface area contributed by atoms with Crippen molar-refractivity contribution in [1.82, 2.24) is 4.98 Å². The summed E-state index contributed by atoms with van der Waals surface area (Å²) in [6.45, 7) is 6.90. The van der Waals surface area contributed by atoms with Gasteiger partial charge in [-0.1, -0.05) is 40.0 Å². The number of carbonyl (C=O) groups excluding carboxylic acids is 2. The fraction of sp³-hybridized carbons (Fsp3) is 0.692. The molecule has 1 saturated carbocycles. The lowest BCUT2D eigenvalue weighted by molar-refractivity contribution is -0.163. The normalized spacial score (nSPS) is 28.1. The molecule has 2 fully saturated rings. The number of esters is 2. The molecule has 1 saturated heterocycles. The van der Waals surface area contributed by atoms with Gasteiger partial charge in [-0.05, 0) is 43.2 Å². The lowest BCUT2D eigenvalue weighted by Gasteiger charge is -2.29. The van der Waals surface area contributed by atoms with Crippen LogP contribution in [-0.2, 0) is 29.4 Å². The van der Waals surface area contributed by atoms with Crippen molar-refractivity contribution in [3.8, 4) is 0 Å². The smallest absolute Gasteiger partial charge is 0.323 e. The maximum absolute atomic E-state index is 12.9. The fourth-order valence-electron chi connectivity index (χ4n) is 4.86. The molecular weight excluding hydrogens is 478 g/mol. The van der Waals surface area contributed by atoms with Crippen molar-refractivity contribution in [3.63, 3.8) is 0 Å². The zero-order valence-corrected chi connectivity index (χ0v) is 22.2. The summed E-state index contributed by atoms with van der Waals surface area (Å²) < 4.78 is 17.5. The van der Waals surface area contributed by atoms with E-state index in [0.29, 0.717) is 23.7 Å². The Morgan fingerprint density at radius 2 is 2.00 bits per heavy atom. The third-order valence-electron chi connectivity index (χ3n) is 7.37. The molecule has 3 rings (SSSR count). The SMILES string of the molecule is CC(C)(C)[C@H](N)C(=O)O[C@H]1[C@@H](O)[C@](C)(c2ccc(/C(N)=N\C=N)[nH]2)O[C@@H]1COC(=O)CC1CCCCC1. The number of aromatic amines is 1. The van der Waals surface area contributed by atoms with Crippen molar-refractivity contribution in [2.75, 3.05) is 6.61 Å². The van der Waals surface area contributed by atoms with Crippen LogP contribution in [0.25, 0.3) is 0 Å². The molecule has 0 unspecified atom stereocenters. The van der Waals surface area contributed by atoms with Gasteiger partial charge in [0, 0.05) is 6.42 Å². The lowest BCUT2D eigenvalue weighted by Crippen LogP contribution is -2.48. The van der Waals surface area contributed by atoms with Gasteiger partial charge < -0.3 is 35.8 Å². The number of ether oxygens (including phenoxy) is 3. The summed E-state index contributed by atoms with van der Waals surface area (Å²) in [5.41, 5.74) is 10.9. The second-order valence-electron chi connectivity index (χ2n) is 11.3. The van der Waals surface area contributed by atoms with E-state index in [1.807, 2.05) is 20.8 Å². The number of rotatable bonds is 9. The van der Waals surface area contributed by atoms with Crippen LogP contribution in [0.15, 0.2) is 17.1 Å². The van der Waals surface area contributed by atoms with E-state index in [1.165, 1.54) is 6.42 Å². The summed E-state index contributed by atoms with van der Waals surface area (Å²) in [5.74, 6) is -0.625. The molecule has 0 radical (unpaired) electrons. The number of aliphatic imine (C=N–C) groups is 1. The second-order valence-corrected chi connectivity index (χ2v) is 11.3. The van der Waals surface area contributed by atoms with Gasteiger partial charge in [0.2, 0.25) is 0 Å². The predicted molar refractivity (Wildman–Crippen MR) is 138 cm³/mol. The number of carbonyl (C=O) groups is 2. The molecule has 1 aliphatic carbocycles. The third-order valence-corrected chi connectivity index (χ3v) is 7.37. The average Bonchev–Trinajstić information content (AvgIpc) is 3.43. The monoisotopic (exact) mass is 519 g/mol. The Bertz CT molecular complexity index is 996. The van der Waals surface area contributed by atoms with Gasteiger partial charge in [-0.2, -0.15) is 0 Å². The average molecular weight is 520 g/mol. The first-order chi connectivity index (χ1) is 17.4. The van der Waals surface area contributed by atoms with Crippen LogP contribution >= 0.6 is 0 Å². The fourth-order valence-corrected chi connectivity index (χ4v) is 4.86. The second kappa shape index (κ2) is 11.7. The Balaban J connectivity index is 1.79. The van der Waals surface area contributed by atoms with Crippen LogP contribution in [0, 0.1) is 16.7 Å². The van der Waals surface area contributed by atoms with Crippen LogP contribution in [0.2, 0.25) is 0 Å². The molecule has 37 heavy (non-hydrogen) atoms. The van der Waals surface area contributed by atoms with Crippen LogP contribution in [0.5, 0.6) is 0 Å². The van der Waals surface area contributed by atoms with E-state index in [-0.39, 0.29) is 18.4 Å². The van der Waals surface area contributed by atoms with Crippen LogP contribution in [0.4, 0.5) is 0 Å². The van der Waals surface area contributed by atoms with E-state index in [2.05, 4.69) is 9.98 Å². The van der Waals surface area contributed by atoms with Crippen molar-refractivity contribution in [2.45, 2.75) is 96.2 Å². The van der Waals surface area contributed by atoms with Crippen molar-refractivity contribution < 1.29 is 28.9 Å². The molecule has 1 aromatic heterocycles. The quantitative estimate of drug-likeness (QED) is 0.186. The summed E-state index contributed by atoms with van der Waals surface area (Å²) in [6.07, 6.45) is 3.24. The molecule has 0 spiro atoms. The van der Waals surface area contributed by atoms with Gasteiger partial charge in [0.1, 0.15) is 42.6 Å².